The standard InChI is InChI=1S/C18H35N3O5S11/c1-2-27-7-20-9-37(24)17-35-15-33-13-32-14-34-16-36-18(23)21-8-29-11-31-12-30-10-28-6-19-5-26-25-4-3-22/h5,9,22H,2-4,6-8,10-17H2,1H3,(H,21,23)/b19-5+,20-9-. The van der Waals surface area contributed by atoms with E-state index in [-0.39, 0.29) is 18.5 Å². The van der Waals surface area contributed by atoms with Crippen molar-refractivity contribution in [3.8, 4) is 0 Å². The number of carbonyl (C=O) groups excluding carboxylic acids is 1. The number of aliphatic imine (C=N–C) groups is 2. The number of rotatable bonds is 28. The molecule has 0 spiro atoms. The Morgan fingerprint density at radius 3 is 2.19 bits per heavy atom. The molecule has 0 saturated heterocycles. The summed E-state index contributed by atoms with van der Waals surface area (Å²) in [6.45, 7) is 2.14. The van der Waals surface area contributed by atoms with Crippen LogP contribution in [0.2, 0.25) is 0 Å². The Morgan fingerprint density at radius 1 is 0.865 bits per heavy atom. The Balaban J connectivity index is 3.27. The van der Waals surface area contributed by atoms with E-state index in [1.54, 1.807) is 64.4 Å². The summed E-state index contributed by atoms with van der Waals surface area (Å²) < 4.78 is 11.7. The fraction of sp³-hybridized carbons (Fsp3) is 0.833. The van der Waals surface area contributed by atoms with Crippen LogP contribution in [0.5, 0.6) is 0 Å². The Morgan fingerprint density at radius 2 is 1.49 bits per heavy atom. The van der Waals surface area contributed by atoms with Gasteiger partial charge in [-0.2, -0.15) is 4.89 Å². The van der Waals surface area contributed by atoms with E-state index in [4.69, 9.17) is 5.11 Å². The highest BCUT2D eigenvalue weighted by Crippen LogP contribution is 2.24. The summed E-state index contributed by atoms with van der Waals surface area (Å²) in [5.74, 6) is 2.95. The van der Waals surface area contributed by atoms with E-state index < -0.39 is 10.8 Å². The van der Waals surface area contributed by atoms with Gasteiger partial charge in [-0.25, -0.2) is 4.99 Å². The first-order chi connectivity index (χ1) is 18.2. The van der Waals surface area contributed by atoms with E-state index >= 15 is 0 Å². The summed E-state index contributed by atoms with van der Waals surface area (Å²) in [5.41, 5.74) is 1.57. The third-order valence-corrected chi connectivity index (χ3v) is 15.8. The molecule has 0 aromatic rings. The van der Waals surface area contributed by atoms with Crippen molar-refractivity contribution in [1.82, 2.24) is 5.32 Å². The molecule has 0 aliphatic rings. The first kappa shape index (κ1) is 39.2. The van der Waals surface area contributed by atoms with Crippen LogP contribution in [0.25, 0.3) is 0 Å². The molecule has 0 aromatic heterocycles. The second-order valence-corrected chi connectivity index (χ2v) is 19.9. The van der Waals surface area contributed by atoms with Crippen LogP contribution in [0.1, 0.15) is 6.92 Å². The molecule has 0 rings (SSSR count). The quantitative estimate of drug-likeness (QED) is 0.0234. The molecule has 0 bridgehead atoms. The van der Waals surface area contributed by atoms with Crippen molar-refractivity contribution < 1.29 is 23.9 Å². The maximum atomic E-state index is 11.9. The van der Waals surface area contributed by atoms with Gasteiger partial charge in [0, 0.05) is 35.6 Å². The van der Waals surface area contributed by atoms with Crippen molar-refractivity contribution in [1.29, 1.82) is 0 Å². The first-order valence-corrected chi connectivity index (χ1v) is 23.3. The molecule has 0 heterocycles. The van der Waals surface area contributed by atoms with Gasteiger partial charge in [0.1, 0.15) is 6.61 Å². The molecular weight excluding hydrogens is 691 g/mol. The van der Waals surface area contributed by atoms with Gasteiger partial charge in [-0.1, -0.05) is 18.7 Å². The van der Waals surface area contributed by atoms with E-state index in [0.29, 0.717) is 22.7 Å². The minimum absolute atomic E-state index is 0.0303. The zero-order valence-corrected chi connectivity index (χ0v) is 29.5. The van der Waals surface area contributed by atoms with Crippen molar-refractivity contribution >= 4 is 146 Å². The molecule has 0 aliphatic heterocycles. The van der Waals surface area contributed by atoms with E-state index in [1.165, 1.54) is 18.2 Å². The van der Waals surface area contributed by atoms with Gasteiger partial charge in [0.25, 0.3) is 5.24 Å². The Bertz CT molecular complexity index is 598. The smallest absolute Gasteiger partial charge is 0.280 e. The normalized spacial score (nSPS) is 12.5. The van der Waals surface area contributed by atoms with Gasteiger partial charge in [0.05, 0.1) is 45.7 Å². The second kappa shape index (κ2) is 34.4. The summed E-state index contributed by atoms with van der Waals surface area (Å²) >= 11 is 17.2. The third-order valence-electron chi connectivity index (χ3n) is 2.88. The van der Waals surface area contributed by atoms with Crippen LogP contribution < -0.4 is 5.32 Å². The number of aliphatic hydroxyl groups excluding tert-OH is 1. The highest BCUT2D eigenvalue weighted by Gasteiger charge is 2.02. The lowest BCUT2D eigenvalue weighted by atomic mass is 10.8. The van der Waals surface area contributed by atoms with Gasteiger partial charge in [0.2, 0.25) is 6.40 Å². The molecule has 1 amide bonds. The summed E-state index contributed by atoms with van der Waals surface area (Å²) in [7, 11) is -0.974. The summed E-state index contributed by atoms with van der Waals surface area (Å²) in [6.07, 6.45) is 1.24. The summed E-state index contributed by atoms with van der Waals surface area (Å²) in [6, 6.07) is 0. The lowest BCUT2D eigenvalue weighted by Gasteiger charge is -2.05. The summed E-state index contributed by atoms with van der Waals surface area (Å²) in [4.78, 5) is 29.2. The number of hydrogen-bond acceptors (Lipinski definition) is 17. The van der Waals surface area contributed by atoms with Gasteiger partial charge < -0.3 is 15.3 Å². The van der Waals surface area contributed by atoms with Gasteiger partial charge in [-0.15, -0.1) is 106 Å². The predicted octanol–water partition coefficient (Wildman–Crippen LogP) is 6.33. The van der Waals surface area contributed by atoms with Crippen molar-refractivity contribution in [2.24, 2.45) is 9.98 Å². The first-order valence-electron chi connectivity index (χ1n) is 10.6. The van der Waals surface area contributed by atoms with Crippen molar-refractivity contribution in [2.75, 3.05) is 77.3 Å². The van der Waals surface area contributed by atoms with Crippen LogP contribution in [-0.4, -0.2) is 104 Å². The molecule has 218 valence electrons. The van der Waals surface area contributed by atoms with E-state index in [9.17, 15) is 9.00 Å². The zero-order chi connectivity index (χ0) is 27.1. The maximum absolute atomic E-state index is 11.9. The van der Waals surface area contributed by atoms with Crippen LogP contribution >= 0.6 is 118 Å². The third kappa shape index (κ3) is 34.3. The van der Waals surface area contributed by atoms with E-state index in [2.05, 4.69) is 32.0 Å². The molecule has 0 radical (unpaired) electrons. The van der Waals surface area contributed by atoms with E-state index in [1.807, 2.05) is 47.0 Å². The summed E-state index contributed by atoms with van der Waals surface area (Å²) in [5, 5.41) is 18.6. The molecule has 1 atom stereocenters. The van der Waals surface area contributed by atoms with Crippen LogP contribution in [0.4, 0.5) is 4.79 Å². The molecule has 0 fully saturated rings. The van der Waals surface area contributed by atoms with Crippen LogP contribution in [-0.2, 0) is 20.6 Å². The minimum atomic E-state index is -0.974. The van der Waals surface area contributed by atoms with Gasteiger partial charge in [-0.3, -0.25) is 14.0 Å². The van der Waals surface area contributed by atoms with E-state index in [0.717, 1.165) is 41.3 Å². The fourth-order valence-corrected chi connectivity index (χ4v) is 13.3. The molecule has 19 heteroatoms. The Hall–Kier alpha value is 2.18. The van der Waals surface area contributed by atoms with Crippen molar-refractivity contribution in [3.05, 3.63) is 0 Å². The molecule has 0 aliphatic carbocycles. The largest absolute Gasteiger partial charge is 0.394 e. The Kier molecular flexibility index (Phi) is 36.4. The van der Waals surface area contributed by atoms with Gasteiger partial charge in [-0.05, 0) is 5.75 Å². The SMILES string of the molecule is CCSC/N=C\S(=O)CSCSCSCSCSC(=O)NCSCSCSCSC/N=C/OOCCO. The number of amides is 1. The lowest BCUT2D eigenvalue weighted by molar-refractivity contribution is -0.221. The minimum Gasteiger partial charge on any atom is -0.394 e. The molecular formula is C18H35N3O5S11. The monoisotopic (exact) mass is 725 g/mol. The fourth-order valence-electron chi connectivity index (χ4n) is 1.49. The van der Waals surface area contributed by atoms with Crippen LogP contribution in [0.15, 0.2) is 9.98 Å². The molecule has 0 aromatic carbocycles. The van der Waals surface area contributed by atoms with Gasteiger partial charge >= 0.3 is 0 Å². The number of thioether (sulfide) groups is 10. The molecule has 37 heavy (non-hydrogen) atoms. The Labute approximate surface area is 266 Å². The average Bonchev–Trinajstić information content (AvgIpc) is 2.90. The molecule has 0 saturated carbocycles. The molecule has 8 nitrogen and oxygen atoms in total. The topological polar surface area (TPSA) is 110 Å². The highest BCUT2D eigenvalue weighted by molar-refractivity contribution is 8.30. The lowest BCUT2D eigenvalue weighted by Crippen LogP contribution is -2.17. The number of carbonyl (C=O) groups is 1. The van der Waals surface area contributed by atoms with Crippen LogP contribution in [0.3, 0.4) is 0 Å². The highest BCUT2D eigenvalue weighted by atomic mass is 32.3. The maximum Gasteiger partial charge on any atom is 0.280 e. The molecule has 1 unspecified atom stereocenters. The molecule has 2 N–H and O–H groups in total. The number of hydrogen-bond donors (Lipinski definition) is 2. The number of nitrogens with zero attached hydrogens (tertiary/aromatic N) is 2. The zero-order valence-electron chi connectivity index (χ0n) is 20.5. The van der Waals surface area contributed by atoms with Crippen molar-refractivity contribution in [2.45, 2.75) is 6.92 Å². The second-order valence-electron chi connectivity index (χ2n) is 5.68. The van der Waals surface area contributed by atoms with Crippen LogP contribution in [0, 0.1) is 0 Å². The average molecular weight is 726 g/mol. The van der Waals surface area contributed by atoms with Crippen molar-refractivity contribution in [3.63, 3.8) is 0 Å². The number of nitrogens with one attached hydrogen (secondary N) is 1. The predicted molar refractivity (Wildman–Crippen MR) is 188 cm³/mol. The number of aliphatic hydroxyl groups is 1. The van der Waals surface area contributed by atoms with Gasteiger partial charge in [0.15, 0.2) is 0 Å².